The third-order valence-corrected chi connectivity index (χ3v) is 5.16. The van der Waals surface area contributed by atoms with Gasteiger partial charge < -0.3 is 10.6 Å². The molecule has 0 saturated carbocycles. The number of guanidine groups is 1. The third kappa shape index (κ3) is 5.94. The molecule has 1 saturated heterocycles. The Morgan fingerprint density at radius 3 is 2.57 bits per heavy atom. The Balaban J connectivity index is 0.00000280. The maximum absolute atomic E-state index is 4.80. The summed E-state index contributed by atoms with van der Waals surface area (Å²) in [5.74, 6) is 1.51. The predicted molar refractivity (Wildman–Crippen MR) is 127 cm³/mol. The van der Waals surface area contributed by atoms with Gasteiger partial charge in [0.1, 0.15) is 0 Å². The number of nitrogens with zero attached hydrogens (tertiary/aromatic N) is 4. The van der Waals surface area contributed by atoms with Crippen LogP contribution in [0.3, 0.4) is 0 Å². The van der Waals surface area contributed by atoms with Crippen molar-refractivity contribution < 1.29 is 0 Å². The molecule has 1 aliphatic heterocycles. The van der Waals surface area contributed by atoms with Gasteiger partial charge in [-0.1, -0.05) is 19.1 Å². The summed E-state index contributed by atoms with van der Waals surface area (Å²) >= 11 is 0. The van der Waals surface area contributed by atoms with Crippen LogP contribution in [0.1, 0.15) is 33.3 Å². The molecule has 2 heterocycles. The minimum atomic E-state index is 0. The summed E-state index contributed by atoms with van der Waals surface area (Å²) in [4.78, 5) is 7.33. The summed E-state index contributed by atoms with van der Waals surface area (Å²) in [7, 11) is 0. The van der Waals surface area contributed by atoms with Gasteiger partial charge in [0.2, 0.25) is 0 Å². The molecule has 2 unspecified atom stereocenters. The second kappa shape index (κ2) is 10.8. The highest BCUT2D eigenvalue weighted by molar-refractivity contribution is 14.0. The Morgan fingerprint density at radius 2 is 2.00 bits per heavy atom. The molecule has 3 rings (SSSR count). The fraction of sp³-hybridized carbons (Fsp3) is 0.524. The van der Waals surface area contributed by atoms with Gasteiger partial charge in [0, 0.05) is 44.1 Å². The molecule has 0 radical (unpaired) electrons. The SMILES string of the molecule is CCNC(=NCc1ccc(-n2cccn2)cc1)NC1CN(C(C)C)CC1C.I. The molecule has 2 atom stereocenters. The normalized spacial score (nSPS) is 20.2. The van der Waals surface area contributed by atoms with Crippen LogP contribution in [-0.2, 0) is 6.54 Å². The van der Waals surface area contributed by atoms with Crippen LogP contribution >= 0.6 is 24.0 Å². The molecule has 6 nitrogen and oxygen atoms in total. The molecular formula is C21H33IN6. The summed E-state index contributed by atoms with van der Waals surface area (Å²) in [5.41, 5.74) is 2.25. The van der Waals surface area contributed by atoms with Crippen LogP contribution in [0.2, 0.25) is 0 Å². The number of halogens is 1. The first-order valence-electron chi connectivity index (χ1n) is 9.94. The van der Waals surface area contributed by atoms with Gasteiger partial charge in [-0.3, -0.25) is 4.90 Å². The second-order valence-electron chi connectivity index (χ2n) is 7.59. The third-order valence-electron chi connectivity index (χ3n) is 5.16. The van der Waals surface area contributed by atoms with Crippen molar-refractivity contribution in [3.05, 3.63) is 48.3 Å². The van der Waals surface area contributed by atoms with Gasteiger partial charge in [-0.15, -0.1) is 24.0 Å². The smallest absolute Gasteiger partial charge is 0.191 e. The van der Waals surface area contributed by atoms with E-state index >= 15 is 0 Å². The first-order chi connectivity index (χ1) is 13.1. The van der Waals surface area contributed by atoms with Gasteiger partial charge in [0.05, 0.1) is 12.2 Å². The van der Waals surface area contributed by atoms with Crippen LogP contribution in [0.4, 0.5) is 0 Å². The standard InChI is InChI=1S/C21H32N6.HI/c1-5-22-21(25-20-15-26(16(2)3)14-17(20)4)23-13-18-7-9-19(10-8-18)27-12-6-11-24-27;/h6-12,16-17,20H,5,13-15H2,1-4H3,(H2,22,23,25);1H. The Hall–Kier alpha value is -1.61. The van der Waals surface area contributed by atoms with E-state index in [0.717, 1.165) is 31.3 Å². The summed E-state index contributed by atoms with van der Waals surface area (Å²) < 4.78 is 1.86. The Kier molecular flexibility index (Phi) is 8.75. The quantitative estimate of drug-likeness (QED) is 0.366. The highest BCUT2D eigenvalue weighted by atomic mass is 127. The number of aromatic nitrogens is 2. The Labute approximate surface area is 185 Å². The van der Waals surface area contributed by atoms with Crippen LogP contribution in [0.5, 0.6) is 0 Å². The number of aliphatic imine (C=N–C) groups is 1. The summed E-state index contributed by atoms with van der Waals surface area (Å²) in [6, 6.07) is 11.3. The lowest BCUT2D eigenvalue weighted by molar-refractivity contribution is 0.265. The molecule has 2 aromatic rings. The lowest BCUT2D eigenvalue weighted by Gasteiger charge is -2.22. The van der Waals surface area contributed by atoms with Crippen molar-refractivity contribution in [3.8, 4) is 5.69 Å². The van der Waals surface area contributed by atoms with Crippen LogP contribution in [0.25, 0.3) is 5.69 Å². The van der Waals surface area contributed by atoms with Gasteiger partial charge in [-0.2, -0.15) is 5.10 Å². The molecule has 0 amide bonds. The number of hydrogen-bond donors (Lipinski definition) is 2. The molecule has 154 valence electrons. The van der Waals surface area contributed by atoms with E-state index in [1.54, 1.807) is 6.20 Å². The zero-order chi connectivity index (χ0) is 19.2. The maximum Gasteiger partial charge on any atom is 0.191 e. The maximum atomic E-state index is 4.80. The topological polar surface area (TPSA) is 57.5 Å². The van der Waals surface area contributed by atoms with Crippen LogP contribution in [0.15, 0.2) is 47.7 Å². The Morgan fingerprint density at radius 1 is 1.25 bits per heavy atom. The van der Waals surface area contributed by atoms with E-state index in [1.807, 2.05) is 16.9 Å². The summed E-state index contributed by atoms with van der Waals surface area (Å²) in [6.07, 6.45) is 3.74. The molecule has 1 aromatic heterocycles. The second-order valence-corrected chi connectivity index (χ2v) is 7.59. The number of rotatable bonds is 6. The van der Waals surface area contributed by atoms with E-state index in [4.69, 9.17) is 4.99 Å². The predicted octanol–water partition coefficient (Wildman–Crippen LogP) is 3.27. The van der Waals surface area contributed by atoms with Crippen molar-refractivity contribution in [2.45, 2.75) is 46.3 Å². The molecule has 0 bridgehead atoms. The highest BCUT2D eigenvalue weighted by Gasteiger charge is 2.31. The van der Waals surface area contributed by atoms with Crippen molar-refractivity contribution in [1.82, 2.24) is 25.3 Å². The fourth-order valence-electron chi connectivity index (χ4n) is 3.46. The first-order valence-corrected chi connectivity index (χ1v) is 9.94. The summed E-state index contributed by atoms with van der Waals surface area (Å²) in [6.45, 7) is 12.7. The molecule has 0 spiro atoms. The molecular weight excluding hydrogens is 463 g/mol. The van der Waals surface area contributed by atoms with Gasteiger partial charge in [-0.25, -0.2) is 9.67 Å². The molecule has 28 heavy (non-hydrogen) atoms. The van der Waals surface area contributed by atoms with Crippen molar-refractivity contribution >= 4 is 29.9 Å². The first kappa shape index (κ1) is 22.7. The molecule has 1 fully saturated rings. The van der Waals surface area contributed by atoms with E-state index in [0.29, 0.717) is 24.5 Å². The van der Waals surface area contributed by atoms with Crippen molar-refractivity contribution in [3.63, 3.8) is 0 Å². The average Bonchev–Trinajstić information content (AvgIpc) is 3.31. The molecule has 1 aromatic carbocycles. The number of hydrogen-bond acceptors (Lipinski definition) is 3. The van der Waals surface area contributed by atoms with E-state index in [9.17, 15) is 0 Å². The number of benzene rings is 1. The van der Waals surface area contributed by atoms with Crippen LogP contribution < -0.4 is 10.6 Å². The average molecular weight is 496 g/mol. The largest absolute Gasteiger partial charge is 0.357 e. The zero-order valence-electron chi connectivity index (χ0n) is 17.3. The minimum Gasteiger partial charge on any atom is -0.357 e. The van der Waals surface area contributed by atoms with Gasteiger partial charge in [-0.05, 0) is 50.5 Å². The molecule has 0 aliphatic carbocycles. The number of likely N-dealkylation sites (tertiary alicyclic amines) is 1. The van der Waals surface area contributed by atoms with E-state index < -0.39 is 0 Å². The van der Waals surface area contributed by atoms with Crippen LogP contribution in [0, 0.1) is 5.92 Å². The van der Waals surface area contributed by atoms with Crippen molar-refractivity contribution in [2.75, 3.05) is 19.6 Å². The van der Waals surface area contributed by atoms with Crippen molar-refractivity contribution in [2.24, 2.45) is 10.9 Å². The molecule has 2 N–H and O–H groups in total. The molecule has 7 heteroatoms. The number of nitrogens with one attached hydrogen (secondary N) is 2. The fourth-order valence-corrected chi connectivity index (χ4v) is 3.46. The highest BCUT2D eigenvalue weighted by Crippen LogP contribution is 2.18. The van der Waals surface area contributed by atoms with Crippen molar-refractivity contribution in [1.29, 1.82) is 0 Å². The van der Waals surface area contributed by atoms with E-state index in [2.05, 4.69) is 72.6 Å². The van der Waals surface area contributed by atoms with Gasteiger partial charge in [0.25, 0.3) is 0 Å². The van der Waals surface area contributed by atoms with Gasteiger partial charge in [0.15, 0.2) is 5.96 Å². The van der Waals surface area contributed by atoms with Gasteiger partial charge >= 0.3 is 0 Å². The lowest BCUT2D eigenvalue weighted by atomic mass is 10.1. The van der Waals surface area contributed by atoms with E-state index in [1.165, 1.54) is 5.56 Å². The zero-order valence-corrected chi connectivity index (χ0v) is 19.6. The Bertz CT molecular complexity index is 726. The molecule has 1 aliphatic rings. The van der Waals surface area contributed by atoms with E-state index in [-0.39, 0.29) is 24.0 Å². The monoisotopic (exact) mass is 496 g/mol. The van der Waals surface area contributed by atoms with Crippen LogP contribution in [-0.4, -0.2) is 52.4 Å². The lowest BCUT2D eigenvalue weighted by Crippen LogP contribution is -2.46. The summed E-state index contributed by atoms with van der Waals surface area (Å²) in [5, 5.41) is 11.3. The minimum absolute atomic E-state index is 0.